The predicted molar refractivity (Wildman–Crippen MR) is 237 cm³/mol. The van der Waals surface area contributed by atoms with E-state index in [0.29, 0.717) is 58.6 Å². The molecular weight excluding hydrogens is 828 g/mol. The Morgan fingerprint density at radius 3 is 1.51 bits per heavy atom. The molecule has 2 aliphatic rings. The van der Waals surface area contributed by atoms with Gasteiger partial charge in [0.25, 0.3) is 0 Å². The van der Waals surface area contributed by atoms with Crippen molar-refractivity contribution in [3.63, 3.8) is 0 Å². The first-order valence-corrected chi connectivity index (χ1v) is 21.5. The summed E-state index contributed by atoms with van der Waals surface area (Å²) in [5.74, 6) is 0.906. The first-order chi connectivity index (χ1) is 30.4. The van der Waals surface area contributed by atoms with Gasteiger partial charge >= 0.3 is 42.2 Å². The number of aromatic nitrogens is 12. The van der Waals surface area contributed by atoms with Gasteiger partial charge in [0.05, 0.1) is 65.8 Å². The van der Waals surface area contributed by atoms with E-state index in [1.54, 1.807) is 40.0 Å². The average molecular weight is 879 g/mol. The molecule has 8 heterocycles. The van der Waals surface area contributed by atoms with Crippen LogP contribution in [-0.2, 0) is 30.9 Å². The van der Waals surface area contributed by atoms with Crippen molar-refractivity contribution in [1.29, 1.82) is 0 Å². The fourth-order valence-corrected chi connectivity index (χ4v) is 8.16. The van der Waals surface area contributed by atoms with Crippen LogP contribution in [0.1, 0.15) is 111 Å². The van der Waals surface area contributed by atoms with Gasteiger partial charge in [0.2, 0.25) is 0 Å². The van der Waals surface area contributed by atoms with Gasteiger partial charge in [-0.15, -0.1) is 0 Å². The van der Waals surface area contributed by atoms with Gasteiger partial charge in [-0.05, 0) is 74.6 Å². The first kappa shape index (κ1) is 46.6. The van der Waals surface area contributed by atoms with E-state index in [1.165, 1.54) is 25.6 Å². The van der Waals surface area contributed by atoms with E-state index in [9.17, 15) is 24.3 Å². The monoisotopic (exact) mass is 878 g/mol. The molecule has 65 heavy (non-hydrogen) atoms. The number of carbonyl (C=O) groups is 2. The van der Waals surface area contributed by atoms with E-state index in [4.69, 9.17) is 14.7 Å². The second-order valence-electron chi connectivity index (χ2n) is 17.3. The summed E-state index contributed by atoms with van der Waals surface area (Å²) in [6.45, 7) is 10.6. The minimum absolute atomic E-state index is 0. The standard InChI is InChI=1S/C23H26N6O3.C22H24N6O3.Li.H2O/c1-14(2)7-9-27-20(26-17-10-15(22(30)32-3)11-25-21(17)27)13-28-19-12-24-8-6-18(19)29(23(28)31)16-4-5-16;1-13(2)6-8-26-19(25-16-9-14(21(29)30)10-24-20(16)26)12-27-18-11-23-7-5-17(18)28(22(27)31)15-3-4-15;;/h6,8,10-12,14,16H,4-5,7,9,13H2,1-3H3;5,7,9-11,13,15H,3-4,6,8,12H2,1-2H3,(H,29,30);;1H2/q;;+1;/p-1. The summed E-state index contributed by atoms with van der Waals surface area (Å²) in [6.07, 6.45) is 15.7. The van der Waals surface area contributed by atoms with Crippen molar-refractivity contribution >= 4 is 56.3 Å². The molecule has 2 aliphatic carbocycles. The number of aromatic carboxylic acids is 1. The Morgan fingerprint density at radius 2 is 1.11 bits per heavy atom. The van der Waals surface area contributed by atoms with Crippen LogP contribution in [0.2, 0.25) is 0 Å². The molecule has 8 aromatic rings. The Kier molecular flexibility index (Phi) is 13.6. The van der Waals surface area contributed by atoms with Gasteiger partial charge in [-0.1, -0.05) is 27.7 Å². The van der Waals surface area contributed by atoms with Crippen molar-refractivity contribution in [2.24, 2.45) is 11.8 Å². The van der Waals surface area contributed by atoms with Gasteiger partial charge in [-0.3, -0.25) is 28.2 Å². The normalized spacial score (nSPS) is 13.6. The minimum Gasteiger partial charge on any atom is -0.870 e. The van der Waals surface area contributed by atoms with Gasteiger partial charge in [-0.2, -0.15) is 0 Å². The third-order valence-corrected chi connectivity index (χ3v) is 11.8. The second-order valence-corrected chi connectivity index (χ2v) is 17.3. The molecular formula is C45H51LiN12O7. The fourth-order valence-electron chi connectivity index (χ4n) is 8.16. The molecule has 0 amide bonds. The SMILES string of the molecule is CC(C)CCn1c(Cn2c(=O)n(C3CC3)c3ccncc32)nc2cc(C(=O)O)cnc21.COC(=O)c1cnc2c(c1)nc(Cn1c(=O)n(C3CC3)c3ccncc31)n2CCC(C)C.[Li+].[OH-]. The molecule has 0 aliphatic heterocycles. The van der Waals surface area contributed by atoms with Crippen molar-refractivity contribution in [2.45, 2.75) is 104 Å². The number of rotatable bonds is 14. The Morgan fingerprint density at radius 1 is 0.677 bits per heavy atom. The Bertz CT molecular complexity index is 3170. The number of hydrogen-bond acceptors (Lipinski definition) is 12. The van der Waals surface area contributed by atoms with Crippen LogP contribution in [0.25, 0.3) is 44.4 Å². The van der Waals surface area contributed by atoms with Crippen LogP contribution in [0, 0.1) is 11.8 Å². The number of carboxylic acid groups (broad SMARTS) is 1. The van der Waals surface area contributed by atoms with E-state index in [0.717, 1.165) is 73.0 Å². The molecule has 2 N–H and O–H groups in total. The molecule has 10 rings (SSSR count). The van der Waals surface area contributed by atoms with Gasteiger partial charge in [0.1, 0.15) is 22.7 Å². The number of fused-ring (bicyclic) bond motifs is 4. The maximum Gasteiger partial charge on any atom is 1.00 e. The second kappa shape index (κ2) is 19.0. The van der Waals surface area contributed by atoms with Crippen molar-refractivity contribution in [3.05, 3.63) is 105 Å². The number of carbonyl (C=O) groups excluding carboxylic acids is 1. The zero-order valence-corrected chi connectivity index (χ0v) is 37.5. The van der Waals surface area contributed by atoms with Crippen LogP contribution >= 0.6 is 0 Å². The number of aryl methyl sites for hydroxylation is 2. The van der Waals surface area contributed by atoms with Crippen molar-refractivity contribution < 1.29 is 43.8 Å². The van der Waals surface area contributed by atoms with Crippen LogP contribution in [0.15, 0.2) is 71.0 Å². The number of ether oxygens (including phenoxy) is 1. The van der Waals surface area contributed by atoms with Crippen molar-refractivity contribution in [2.75, 3.05) is 7.11 Å². The van der Waals surface area contributed by atoms with Crippen LogP contribution in [0.5, 0.6) is 0 Å². The molecule has 0 radical (unpaired) electrons. The zero-order chi connectivity index (χ0) is 44.1. The average Bonchev–Trinajstić information content (AvgIpc) is 4.19. The fraction of sp³-hybridized carbons (Fsp3) is 0.422. The molecule has 0 spiro atoms. The number of imidazole rings is 4. The van der Waals surface area contributed by atoms with E-state index in [2.05, 4.69) is 52.2 Å². The summed E-state index contributed by atoms with van der Waals surface area (Å²) < 4.78 is 16.1. The molecule has 2 fully saturated rings. The zero-order valence-electron chi connectivity index (χ0n) is 37.5. The van der Waals surface area contributed by atoms with E-state index < -0.39 is 11.9 Å². The molecule has 0 aromatic carbocycles. The molecule has 2 saturated carbocycles. The summed E-state index contributed by atoms with van der Waals surface area (Å²) in [7, 11) is 1.34. The predicted octanol–water partition coefficient (Wildman–Crippen LogP) is 3.06. The summed E-state index contributed by atoms with van der Waals surface area (Å²) in [5.41, 5.74) is 6.19. The van der Waals surface area contributed by atoms with Crippen molar-refractivity contribution in [1.82, 2.24) is 57.3 Å². The molecule has 20 heteroatoms. The summed E-state index contributed by atoms with van der Waals surface area (Å²) >= 11 is 0. The maximum absolute atomic E-state index is 13.3. The van der Waals surface area contributed by atoms with Gasteiger partial charge in [0.15, 0.2) is 11.3 Å². The van der Waals surface area contributed by atoms with E-state index >= 15 is 0 Å². The van der Waals surface area contributed by atoms with Crippen LogP contribution in [0.3, 0.4) is 0 Å². The first-order valence-electron chi connectivity index (χ1n) is 21.5. The summed E-state index contributed by atoms with van der Waals surface area (Å²) in [4.78, 5) is 76.8. The summed E-state index contributed by atoms with van der Waals surface area (Å²) in [6, 6.07) is 7.53. The number of esters is 1. The summed E-state index contributed by atoms with van der Waals surface area (Å²) in [5, 5.41) is 9.32. The molecule has 8 aromatic heterocycles. The largest absolute Gasteiger partial charge is 1.00 e. The number of carboxylic acids is 1. The number of pyridine rings is 4. The number of methoxy groups -OCH3 is 1. The quantitative estimate of drug-likeness (QED) is 0.122. The van der Waals surface area contributed by atoms with Crippen molar-refractivity contribution in [3.8, 4) is 0 Å². The Balaban J connectivity index is 0.000000188. The maximum atomic E-state index is 13.3. The number of nitrogens with zero attached hydrogens (tertiary/aromatic N) is 12. The van der Waals surface area contributed by atoms with Crippen LogP contribution in [-0.4, -0.2) is 86.9 Å². The van der Waals surface area contributed by atoms with Crippen LogP contribution < -0.4 is 30.2 Å². The minimum atomic E-state index is -1.04. The smallest absolute Gasteiger partial charge is 0.870 e. The number of hydrogen-bond donors (Lipinski definition) is 1. The molecule has 334 valence electrons. The molecule has 0 atom stereocenters. The molecule has 0 bridgehead atoms. The van der Waals surface area contributed by atoms with E-state index in [1.807, 2.05) is 25.8 Å². The van der Waals surface area contributed by atoms with Gasteiger partial charge in [0, 0.05) is 50.0 Å². The Labute approximate surface area is 384 Å². The third-order valence-electron chi connectivity index (χ3n) is 11.8. The molecule has 19 nitrogen and oxygen atoms in total. The Hall–Kier alpha value is -6.42. The topological polar surface area (TPSA) is 235 Å². The molecule has 0 saturated heterocycles. The van der Waals surface area contributed by atoms with Gasteiger partial charge in [-0.25, -0.2) is 39.1 Å². The van der Waals surface area contributed by atoms with Gasteiger partial charge < -0.3 is 24.5 Å². The van der Waals surface area contributed by atoms with Crippen LogP contribution in [0.4, 0.5) is 0 Å². The molecule has 0 unspecified atom stereocenters. The van der Waals surface area contributed by atoms with E-state index in [-0.39, 0.29) is 59.9 Å². The third kappa shape index (κ3) is 9.13.